The van der Waals surface area contributed by atoms with Gasteiger partial charge in [-0.2, -0.15) is 0 Å². The maximum atomic E-state index is 10.8. The smallest absolute Gasteiger partial charge is 0.307 e. The van der Waals surface area contributed by atoms with E-state index in [0.29, 0.717) is 0 Å². The summed E-state index contributed by atoms with van der Waals surface area (Å²) in [6, 6.07) is 0. The van der Waals surface area contributed by atoms with Crippen LogP contribution >= 0.6 is 0 Å². The van der Waals surface area contributed by atoms with E-state index in [0.717, 1.165) is 6.26 Å². The number of ketones is 1. The standard InChI is InChI=1S/C8H12O3/c1-6(2)8(10)4-5-11-7(3)9/h4-6H,1-3H3/b5-4-. The monoisotopic (exact) mass is 156 g/mol. The summed E-state index contributed by atoms with van der Waals surface area (Å²) < 4.78 is 4.42. The summed E-state index contributed by atoms with van der Waals surface area (Å²) in [5.41, 5.74) is 0. The second-order valence-corrected chi connectivity index (χ2v) is 2.47. The van der Waals surface area contributed by atoms with Crippen molar-refractivity contribution in [1.82, 2.24) is 0 Å². The molecule has 0 rings (SSSR count). The van der Waals surface area contributed by atoms with Crippen molar-refractivity contribution < 1.29 is 14.3 Å². The van der Waals surface area contributed by atoms with Crippen molar-refractivity contribution in [2.24, 2.45) is 5.92 Å². The van der Waals surface area contributed by atoms with Crippen LogP contribution in [-0.4, -0.2) is 11.8 Å². The zero-order valence-electron chi connectivity index (χ0n) is 6.96. The fourth-order valence-electron chi connectivity index (χ4n) is 0.389. The van der Waals surface area contributed by atoms with Gasteiger partial charge in [-0.25, -0.2) is 0 Å². The van der Waals surface area contributed by atoms with Crippen LogP contribution in [0.2, 0.25) is 0 Å². The molecule has 0 heterocycles. The molecule has 0 unspecified atom stereocenters. The van der Waals surface area contributed by atoms with Gasteiger partial charge in [-0.05, 0) is 0 Å². The van der Waals surface area contributed by atoms with Crippen LogP contribution in [0.1, 0.15) is 20.8 Å². The minimum absolute atomic E-state index is 0.0498. The molecule has 0 aliphatic carbocycles. The van der Waals surface area contributed by atoms with Crippen LogP contribution in [0, 0.1) is 5.92 Å². The van der Waals surface area contributed by atoms with E-state index in [4.69, 9.17) is 0 Å². The van der Waals surface area contributed by atoms with Crippen LogP contribution in [0.5, 0.6) is 0 Å². The van der Waals surface area contributed by atoms with E-state index in [-0.39, 0.29) is 11.7 Å². The third kappa shape index (κ3) is 5.33. The number of hydrogen-bond acceptors (Lipinski definition) is 3. The van der Waals surface area contributed by atoms with Crippen LogP contribution in [0.3, 0.4) is 0 Å². The molecule has 0 saturated heterocycles. The maximum absolute atomic E-state index is 10.8. The zero-order chi connectivity index (χ0) is 8.85. The summed E-state index contributed by atoms with van der Waals surface area (Å²) >= 11 is 0. The number of ether oxygens (including phenoxy) is 1. The van der Waals surface area contributed by atoms with E-state index in [1.807, 2.05) is 0 Å². The molecule has 11 heavy (non-hydrogen) atoms. The summed E-state index contributed by atoms with van der Waals surface area (Å²) in [6.07, 6.45) is 2.37. The van der Waals surface area contributed by atoms with E-state index in [1.165, 1.54) is 13.0 Å². The molecular formula is C8H12O3. The Morgan fingerprint density at radius 3 is 2.27 bits per heavy atom. The lowest BCUT2D eigenvalue weighted by Crippen LogP contribution is -2.02. The van der Waals surface area contributed by atoms with E-state index >= 15 is 0 Å². The summed E-state index contributed by atoms with van der Waals surface area (Å²) in [5, 5.41) is 0. The number of hydrogen-bond donors (Lipinski definition) is 0. The first-order valence-corrected chi connectivity index (χ1v) is 3.41. The van der Waals surface area contributed by atoms with Crippen LogP contribution in [0.4, 0.5) is 0 Å². The van der Waals surface area contributed by atoms with E-state index < -0.39 is 5.97 Å². The fraction of sp³-hybridized carbons (Fsp3) is 0.500. The SMILES string of the molecule is CC(=O)O/C=C\C(=O)C(C)C. The van der Waals surface area contributed by atoms with E-state index in [2.05, 4.69) is 4.74 Å². The Bertz CT molecular complexity index is 180. The lowest BCUT2D eigenvalue weighted by molar-refractivity contribution is -0.135. The molecule has 0 fully saturated rings. The van der Waals surface area contributed by atoms with Gasteiger partial charge >= 0.3 is 5.97 Å². The highest BCUT2D eigenvalue weighted by Gasteiger charge is 2.01. The van der Waals surface area contributed by atoms with Crippen LogP contribution in [0.25, 0.3) is 0 Å². The molecule has 0 aliphatic heterocycles. The van der Waals surface area contributed by atoms with Crippen molar-refractivity contribution >= 4 is 11.8 Å². The Morgan fingerprint density at radius 1 is 1.36 bits per heavy atom. The molecule has 3 nitrogen and oxygen atoms in total. The maximum Gasteiger partial charge on any atom is 0.307 e. The Kier molecular flexibility index (Phi) is 4.18. The third-order valence-electron chi connectivity index (χ3n) is 1.04. The van der Waals surface area contributed by atoms with Crippen molar-refractivity contribution in [2.45, 2.75) is 20.8 Å². The molecule has 0 radical (unpaired) electrons. The van der Waals surface area contributed by atoms with Gasteiger partial charge in [0.25, 0.3) is 0 Å². The molecule has 62 valence electrons. The minimum Gasteiger partial charge on any atom is -0.435 e. The van der Waals surface area contributed by atoms with Gasteiger partial charge in [-0.15, -0.1) is 0 Å². The van der Waals surface area contributed by atoms with E-state index in [9.17, 15) is 9.59 Å². The van der Waals surface area contributed by atoms with Crippen molar-refractivity contribution in [2.75, 3.05) is 0 Å². The molecule has 0 N–H and O–H groups in total. The first kappa shape index (κ1) is 9.88. The van der Waals surface area contributed by atoms with Gasteiger partial charge in [0, 0.05) is 18.9 Å². The average Bonchev–Trinajstić information content (AvgIpc) is 1.86. The Hall–Kier alpha value is -1.12. The molecule has 0 aliphatic rings. The summed E-state index contributed by atoms with van der Waals surface area (Å²) in [7, 11) is 0. The first-order chi connectivity index (χ1) is 5.04. The average molecular weight is 156 g/mol. The minimum atomic E-state index is -0.419. The first-order valence-electron chi connectivity index (χ1n) is 3.41. The summed E-state index contributed by atoms with van der Waals surface area (Å²) in [4.78, 5) is 21.1. The highest BCUT2D eigenvalue weighted by atomic mass is 16.5. The second-order valence-electron chi connectivity index (χ2n) is 2.47. The van der Waals surface area contributed by atoms with Crippen molar-refractivity contribution in [3.8, 4) is 0 Å². The fourth-order valence-corrected chi connectivity index (χ4v) is 0.389. The van der Waals surface area contributed by atoms with Gasteiger partial charge in [0.1, 0.15) is 0 Å². The summed E-state index contributed by atoms with van der Waals surface area (Å²) in [6.45, 7) is 4.84. The molecule has 0 saturated carbocycles. The molecule has 0 aromatic heterocycles. The predicted molar refractivity (Wildman–Crippen MR) is 40.8 cm³/mol. The molecule has 0 bridgehead atoms. The molecular weight excluding hydrogens is 144 g/mol. The Morgan fingerprint density at radius 2 is 1.91 bits per heavy atom. The lowest BCUT2D eigenvalue weighted by atomic mass is 10.1. The van der Waals surface area contributed by atoms with Gasteiger partial charge < -0.3 is 4.74 Å². The summed E-state index contributed by atoms with van der Waals surface area (Å²) in [5.74, 6) is -0.522. The van der Waals surface area contributed by atoms with Crippen molar-refractivity contribution in [3.63, 3.8) is 0 Å². The van der Waals surface area contributed by atoms with Gasteiger partial charge in [0.05, 0.1) is 6.26 Å². The predicted octanol–water partition coefficient (Wildman–Crippen LogP) is 1.29. The quantitative estimate of drug-likeness (QED) is 0.351. The molecule has 3 heteroatoms. The third-order valence-corrected chi connectivity index (χ3v) is 1.04. The number of carbonyl (C=O) groups excluding carboxylic acids is 2. The van der Waals surface area contributed by atoms with Crippen molar-refractivity contribution in [3.05, 3.63) is 12.3 Å². The lowest BCUT2D eigenvalue weighted by Gasteiger charge is -1.95. The number of rotatable bonds is 3. The van der Waals surface area contributed by atoms with Crippen LogP contribution < -0.4 is 0 Å². The highest BCUT2D eigenvalue weighted by molar-refractivity contribution is 5.91. The molecule has 0 amide bonds. The van der Waals surface area contributed by atoms with Crippen LogP contribution in [0.15, 0.2) is 12.3 Å². The Balaban J connectivity index is 3.75. The zero-order valence-corrected chi connectivity index (χ0v) is 6.96. The molecule has 0 aromatic rings. The van der Waals surface area contributed by atoms with Gasteiger partial charge in [-0.3, -0.25) is 9.59 Å². The van der Waals surface area contributed by atoms with Gasteiger partial charge in [0.2, 0.25) is 0 Å². The molecule has 0 spiro atoms. The highest BCUT2D eigenvalue weighted by Crippen LogP contribution is 1.95. The van der Waals surface area contributed by atoms with Gasteiger partial charge in [-0.1, -0.05) is 13.8 Å². The molecule has 0 aromatic carbocycles. The largest absolute Gasteiger partial charge is 0.435 e. The van der Waals surface area contributed by atoms with Crippen molar-refractivity contribution in [1.29, 1.82) is 0 Å². The van der Waals surface area contributed by atoms with E-state index in [1.54, 1.807) is 13.8 Å². The number of allylic oxidation sites excluding steroid dienone is 1. The number of carbonyl (C=O) groups is 2. The number of esters is 1. The van der Waals surface area contributed by atoms with Crippen LogP contribution in [-0.2, 0) is 14.3 Å². The van der Waals surface area contributed by atoms with Gasteiger partial charge in [0.15, 0.2) is 5.78 Å². The Labute approximate surface area is 66.0 Å². The topological polar surface area (TPSA) is 43.4 Å². The molecule has 0 atom stereocenters. The second kappa shape index (κ2) is 4.66. The normalized spacial score (nSPS) is 10.5.